The first-order valence-electron chi connectivity index (χ1n) is 6.54. The van der Waals surface area contributed by atoms with E-state index in [1.54, 1.807) is 0 Å². The number of anilines is 2. The molecule has 6 heteroatoms. The van der Waals surface area contributed by atoms with Gasteiger partial charge in [-0.2, -0.15) is 0 Å². The van der Waals surface area contributed by atoms with Crippen molar-refractivity contribution in [2.45, 2.75) is 13.0 Å². The van der Waals surface area contributed by atoms with Gasteiger partial charge in [-0.3, -0.25) is 4.79 Å². The van der Waals surface area contributed by atoms with Crippen molar-refractivity contribution in [3.05, 3.63) is 52.6 Å². The molecule has 0 bridgehead atoms. The maximum atomic E-state index is 11.6. The molecule has 0 saturated heterocycles. The van der Waals surface area contributed by atoms with Gasteiger partial charge in [-0.25, -0.2) is 4.98 Å². The molecule has 106 valence electrons. The van der Waals surface area contributed by atoms with Crippen molar-refractivity contribution in [1.82, 2.24) is 9.97 Å². The Bertz CT molecular complexity index is 596. The number of hydrogen-bond donors (Lipinski definition) is 3. The molecule has 1 aromatic carbocycles. The van der Waals surface area contributed by atoms with Crippen molar-refractivity contribution in [2.75, 3.05) is 23.7 Å². The molecule has 0 amide bonds. The normalized spacial score (nSPS) is 10.4. The summed E-state index contributed by atoms with van der Waals surface area (Å²) in [6.07, 6.45) is 2.18. The molecule has 6 nitrogen and oxygen atoms in total. The van der Waals surface area contributed by atoms with Crippen LogP contribution in [0.5, 0.6) is 0 Å². The summed E-state index contributed by atoms with van der Waals surface area (Å²) < 4.78 is 0. The average Bonchev–Trinajstić information content (AvgIpc) is 2.48. The molecule has 0 spiro atoms. The van der Waals surface area contributed by atoms with Crippen molar-refractivity contribution in [3.63, 3.8) is 0 Å². The Labute approximate surface area is 117 Å². The summed E-state index contributed by atoms with van der Waals surface area (Å²) in [5.74, 6) is 0.506. The van der Waals surface area contributed by atoms with Crippen LogP contribution in [0.25, 0.3) is 0 Å². The van der Waals surface area contributed by atoms with Crippen LogP contribution < -0.4 is 21.9 Å². The lowest BCUT2D eigenvalue weighted by atomic mass is 10.2. The largest absolute Gasteiger partial charge is 0.391 e. The third kappa shape index (κ3) is 3.36. The Morgan fingerprint density at radius 2 is 2.00 bits per heavy atom. The van der Waals surface area contributed by atoms with E-state index in [1.807, 2.05) is 35.2 Å². The molecular weight excluding hydrogens is 254 g/mol. The Balaban J connectivity index is 2.27. The number of H-pyrrole nitrogens is 1. The van der Waals surface area contributed by atoms with E-state index in [9.17, 15) is 4.79 Å². The summed E-state index contributed by atoms with van der Waals surface area (Å²) in [6, 6.07) is 9.97. The minimum absolute atomic E-state index is 0.139. The van der Waals surface area contributed by atoms with E-state index in [-0.39, 0.29) is 11.2 Å². The molecule has 1 aromatic heterocycles. The highest BCUT2D eigenvalue weighted by molar-refractivity contribution is 5.60. The minimum Gasteiger partial charge on any atom is -0.391 e. The first-order valence-corrected chi connectivity index (χ1v) is 6.54. The maximum Gasteiger partial charge on any atom is 0.276 e. The Hall–Kier alpha value is -2.34. The van der Waals surface area contributed by atoms with Crippen molar-refractivity contribution >= 4 is 11.5 Å². The van der Waals surface area contributed by atoms with Crippen LogP contribution in [0.4, 0.5) is 11.5 Å². The first kappa shape index (κ1) is 14.1. The van der Waals surface area contributed by atoms with E-state index < -0.39 is 0 Å². The smallest absolute Gasteiger partial charge is 0.276 e. The van der Waals surface area contributed by atoms with Crippen molar-refractivity contribution in [2.24, 2.45) is 5.73 Å². The van der Waals surface area contributed by atoms with E-state index in [0.717, 1.165) is 12.0 Å². The van der Waals surface area contributed by atoms with Crippen molar-refractivity contribution in [3.8, 4) is 0 Å². The summed E-state index contributed by atoms with van der Waals surface area (Å²) in [5, 5.41) is 0. The second kappa shape index (κ2) is 6.72. The number of nitrogens with one attached hydrogen (secondary N) is 1. The van der Waals surface area contributed by atoms with Crippen LogP contribution >= 0.6 is 0 Å². The number of benzene rings is 1. The van der Waals surface area contributed by atoms with Crippen molar-refractivity contribution in [1.29, 1.82) is 0 Å². The van der Waals surface area contributed by atoms with Gasteiger partial charge in [-0.1, -0.05) is 30.3 Å². The lowest BCUT2D eigenvalue weighted by Crippen LogP contribution is -2.29. The lowest BCUT2D eigenvalue weighted by Gasteiger charge is -2.24. The predicted molar refractivity (Wildman–Crippen MR) is 80.4 cm³/mol. The highest BCUT2D eigenvalue weighted by Gasteiger charge is 2.13. The topological polar surface area (TPSA) is 101 Å². The molecule has 0 atom stereocenters. The molecule has 0 saturated carbocycles. The zero-order chi connectivity index (χ0) is 14.4. The summed E-state index contributed by atoms with van der Waals surface area (Å²) >= 11 is 0. The number of nitrogens with zero attached hydrogens (tertiary/aromatic N) is 2. The van der Waals surface area contributed by atoms with Gasteiger partial charge >= 0.3 is 0 Å². The van der Waals surface area contributed by atoms with Crippen LogP contribution in [0.2, 0.25) is 0 Å². The van der Waals surface area contributed by atoms with Gasteiger partial charge < -0.3 is 21.4 Å². The standard InChI is InChI=1S/C14H19N5O/c15-7-4-8-19(9-11-5-2-1-3-6-11)13-12(16)14(20)18-10-17-13/h1-3,5-6,10H,4,7-9,15-16H2,(H,17,18,20). The predicted octanol–water partition coefficient (Wildman–Crippen LogP) is 0.707. The zero-order valence-corrected chi connectivity index (χ0v) is 11.2. The summed E-state index contributed by atoms with van der Waals surface area (Å²) in [5.41, 5.74) is 12.4. The molecule has 0 aliphatic carbocycles. The molecule has 0 aliphatic heterocycles. The molecule has 0 fully saturated rings. The highest BCUT2D eigenvalue weighted by atomic mass is 16.1. The number of nitrogen functional groups attached to an aromatic ring is 1. The number of nitrogens with two attached hydrogens (primary N) is 2. The fraction of sp³-hybridized carbons (Fsp3) is 0.286. The van der Waals surface area contributed by atoms with Gasteiger partial charge in [0, 0.05) is 13.1 Å². The Kier molecular flexibility index (Phi) is 4.73. The SMILES string of the molecule is NCCCN(Cc1ccccc1)c1nc[nH]c(=O)c1N. The van der Waals surface area contributed by atoms with Crippen LogP contribution in [0.3, 0.4) is 0 Å². The summed E-state index contributed by atoms with van der Waals surface area (Å²) in [7, 11) is 0. The van der Waals surface area contributed by atoms with Crippen LogP contribution in [-0.4, -0.2) is 23.1 Å². The molecule has 0 radical (unpaired) electrons. The molecule has 0 unspecified atom stereocenters. The first-order chi connectivity index (χ1) is 9.72. The number of aromatic nitrogens is 2. The van der Waals surface area contributed by atoms with Gasteiger partial charge in [0.25, 0.3) is 5.56 Å². The zero-order valence-electron chi connectivity index (χ0n) is 11.2. The van der Waals surface area contributed by atoms with Crippen LogP contribution in [0.15, 0.2) is 41.5 Å². The monoisotopic (exact) mass is 273 g/mol. The van der Waals surface area contributed by atoms with Gasteiger partial charge in [0.05, 0.1) is 6.33 Å². The third-order valence-corrected chi connectivity index (χ3v) is 3.02. The van der Waals surface area contributed by atoms with Crippen LogP contribution in [-0.2, 0) is 6.54 Å². The molecule has 5 N–H and O–H groups in total. The molecule has 20 heavy (non-hydrogen) atoms. The van der Waals surface area contributed by atoms with Gasteiger partial charge in [-0.05, 0) is 18.5 Å². The van der Waals surface area contributed by atoms with Gasteiger partial charge in [0.15, 0.2) is 5.82 Å². The molecule has 2 rings (SSSR count). The highest BCUT2D eigenvalue weighted by Crippen LogP contribution is 2.18. The molecule has 1 heterocycles. The Morgan fingerprint density at radius 3 is 2.70 bits per heavy atom. The fourth-order valence-electron chi connectivity index (χ4n) is 2.00. The van der Waals surface area contributed by atoms with E-state index in [2.05, 4.69) is 9.97 Å². The number of rotatable bonds is 6. The number of aromatic amines is 1. The lowest BCUT2D eigenvalue weighted by molar-refractivity contribution is 0.725. The van der Waals surface area contributed by atoms with E-state index in [0.29, 0.717) is 25.5 Å². The average molecular weight is 273 g/mol. The molecule has 0 aliphatic rings. The Morgan fingerprint density at radius 1 is 1.25 bits per heavy atom. The van der Waals surface area contributed by atoms with E-state index in [4.69, 9.17) is 11.5 Å². The van der Waals surface area contributed by atoms with Crippen LogP contribution in [0.1, 0.15) is 12.0 Å². The third-order valence-electron chi connectivity index (χ3n) is 3.02. The second-order valence-corrected chi connectivity index (χ2v) is 4.52. The second-order valence-electron chi connectivity index (χ2n) is 4.52. The number of hydrogen-bond acceptors (Lipinski definition) is 5. The molecule has 2 aromatic rings. The van der Waals surface area contributed by atoms with E-state index >= 15 is 0 Å². The summed E-state index contributed by atoms with van der Waals surface area (Å²) in [4.78, 5) is 20.2. The summed E-state index contributed by atoms with van der Waals surface area (Å²) in [6.45, 7) is 1.92. The van der Waals surface area contributed by atoms with Gasteiger partial charge in [-0.15, -0.1) is 0 Å². The van der Waals surface area contributed by atoms with Crippen LogP contribution in [0, 0.1) is 0 Å². The molecular formula is C14H19N5O. The quantitative estimate of drug-likeness (QED) is 0.719. The van der Waals surface area contributed by atoms with E-state index in [1.165, 1.54) is 6.33 Å². The van der Waals surface area contributed by atoms with Gasteiger partial charge in [0.1, 0.15) is 5.69 Å². The van der Waals surface area contributed by atoms with Crippen molar-refractivity contribution < 1.29 is 0 Å². The van der Waals surface area contributed by atoms with Gasteiger partial charge in [0.2, 0.25) is 0 Å². The maximum absolute atomic E-state index is 11.6. The minimum atomic E-state index is -0.319. The fourth-order valence-corrected chi connectivity index (χ4v) is 2.00.